The SMILES string of the molecule is CCOC(=O)CC(=O)c1ccc(C2CCC(CC)CC2)cc1. The van der Waals surface area contributed by atoms with Crippen LogP contribution in [0.25, 0.3) is 0 Å². The van der Waals surface area contributed by atoms with Crippen LogP contribution in [0.15, 0.2) is 24.3 Å². The van der Waals surface area contributed by atoms with Gasteiger partial charge >= 0.3 is 5.97 Å². The van der Waals surface area contributed by atoms with Crippen LogP contribution in [0.2, 0.25) is 0 Å². The second-order valence-corrected chi connectivity index (χ2v) is 6.15. The lowest BCUT2D eigenvalue weighted by Crippen LogP contribution is -2.13. The van der Waals surface area contributed by atoms with Crippen molar-refractivity contribution in [2.24, 2.45) is 5.92 Å². The molecule has 1 fully saturated rings. The van der Waals surface area contributed by atoms with Gasteiger partial charge in [-0.2, -0.15) is 0 Å². The number of ketones is 1. The predicted molar refractivity (Wildman–Crippen MR) is 87.0 cm³/mol. The quantitative estimate of drug-likeness (QED) is 0.441. The van der Waals surface area contributed by atoms with Gasteiger partial charge in [0, 0.05) is 5.56 Å². The van der Waals surface area contributed by atoms with Gasteiger partial charge in [0.1, 0.15) is 6.42 Å². The van der Waals surface area contributed by atoms with Gasteiger partial charge in [-0.25, -0.2) is 0 Å². The molecule has 1 aliphatic rings. The lowest BCUT2D eigenvalue weighted by Gasteiger charge is -2.28. The fraction of sp³-hybridized carbons (Fsp3) is 0.579. The molecular formula is C19H26O3. The molecule has 1 aromatic rings. The molecule has 0 aliphatic heterocycles. The maximum Gasteiger partial charge on any atom is 0.313 e. The summed E-state index contributed by atoms with van der Waals surface area (Å²) < 4.78 is 4.81. The summed E-state index contributed by atoms with van der Waals surface area (Å²) in [7, 11) is 0. The third kappa shape index (κ3) is 4.43. The van der Waals surface area contributed by atoms with Crippen LogP contribution in [0.3, 0.4) is 0 Å². The zero-order valence-corrected chi connectivity index (χ0v) is 13.6. The molecule has 0 heterocycles. The van der Waals surface area contributed by atoms with Gasteiger partial charge in [0.25, 0.3) is 0 Å². The van der Waals surface area contributed by atoms with E-state index in [0.717, 1.165) is 5.92 Å². The highest BCUT2D eigenvalue weighted by Gasteiger charge is 2.21. The minimum Gasteiger partial charge on any atom is -0.466 e. The van der Waals surface area contributed by atoms with Crippen LogP contribution in [0.1, 0.15) is 74.2 Å². The van der Waals surface area contributed by atoms with Gasteiger partial charge in [0.2, 0.25) is 0 Å². The Morgan fingerprint density at radius 1 is 1.05 bits per heavy atom. The second-order valence-electron chi connectivity index (χ2n) is 6.15. The first kappa shape index (κ1) is 16.7. The molecule has 1 aliphatic carbocycles. The highest BCUT2D eigenvalue weighted by Crippen LogP contribution is 2.36. The van der Waals surface area contributed by atoms with Crippen molar-refractivity contribution in [2.75, 3.05) is 6.61 Å². The molecule has 22 heavy (non-hydrogen) atoms. The van der Waals surface area contributed by atoms with Crippen LogP contribution in [0, 0.1) is 5.92 Å². The Balaban J connectivity index is 1.93. The summed E-state index contributed by atoms with van der Waals surface area (Å²) in [6, 6.07) is 7.80. The van der Waals surface area contributed by atoms with Gasteiger partial charge in [-0.1, -0.05) is 37.6 Å². The number of hydrogen-bond acceptors (Lipinski definition) is 3. The molecular weight excluding hydrogens is 276 g/mol. The van der Waals surface area contributed by atoms with Gasteiger partial charge in [0.05, 0.1) is 6.61 Å². The number of benzene rings is 1. The molecule has 0 aromatic heterocycles. The van der Waals surface area contributed by atoms with Crippen LogP contribution >= 0.6 is 0 Å². The van der Waals surface area contributed by atoms with Crippen molar-refractivity contribution in [2.45, 2.75) is 58.3 Å². The molecule has 1 aromatic carbocycles. The van der Waals surface area contributed by atoms with E-state index in [2.05, 4.69) is 19.1 Å². The molecule has 3 nitrogen and oxygen atoms in total. The number of carbonyl (C=O) groups is 2. The second kappa shape index (κ2) is 8.11. The van der Waals surface area contributed by atoms with E-state index in [-0.39, 0.29) is 12.2 Å². The van der Waals surface area contributed by atoms with Gasteiger partial charge in [-0.15, -0.1) is 0 Å². The monoisotopic (exact) mass is 302 g/mol. The minimum atomic E-state index is -0.450. The number of rotatable bonds is 6. The molecule has 0 unspecified atom stereocenters. The van der Waals surface area contributed by atoms with Crippen LogP contribution in [0.4, 0.5) is 0 Å². The number of hydrogen-bond donors (Lipinski definition) is 0. The summed E-state index contributed by atoms with van der Waals surface area (Å²) in [4.78, 5) is 23.4. The van der Waals surface area contributed by atoms with Gasteiger partial charge in [-0.05, 0) is 50.0 Å². The first-order valence-corrected chi connectivity index (χ1v) is 8.42. The molecule has 3 heteroatoms. The van der Waals surface area contributed by atoms with Crippen molar-refractivity contribution in [3.8, 4) is 0 Å². The van der Waals surface area contributed by atoms with Crippen molar-refractivity contribution in [3.05, 3.63) is 35.4 Å². The number of Topliss-reactive ketones (excluding diaryl/α,β-unsaturated/α-hetero) is 1. The Morgan fingerprint density at radius 3 is 2.23 bits per heavy atom. The van der Waals surface area contributed by atoms with E-state index >= 15 is 0 Å². The van der Waals surface area contributed by atoms with E-state index in [4.69, 9.17) is 4.74 Å². The lowest BCUT2D eigenvalue weighted by molar-refractivity contribution is -0.141. The highest BCUT2D eigenvalue weighted by molar-refractivity contribution is 6.05. The maximum atomic E-state index is 12.0. The molecule has 0 amide bonds. The topological polar surface area (TPSA) is 43.4 Å². The zero-order valence-electron chi connectivity index (χ0n) is 13.6. The van der Waals surface area contributed by atoms with Crippen molar-refractivity contribution in [1.29, 1.82) is 0 Å². The highest BCUT2D eigenvalue weighted by atomic mass is 16.5. The van der Waals surface area contributed by atoms with E-state index in [9.17, 15) is 9.59 Å². The Labute approximate surface area is 133 Å². The predicted octanol–water partition coefficient (Wildman–Crippen LogP) is 4.51. The fourth-order valence-corrected chi connectivity index (χ4v) is 3.29. The maximum absolute atomic E-state index is 12.0. The number of ether oxygens (including phenoxy) is 1. The van der Waals surface area contributed by atoms with Crippen molar-refractivity contribution in [3.63, 3.8) is 0 Å². The van der Waals surface area contributed by atoms with Crippen LogP contribution in [0.5, 0.6) is 0 Å². The largest absolute Gasteiger partial charge is 0.466 e. The Kier molecular flexibility index (Phi) is 6.17. The average molecular weight is 302 g/mol. The molecule has 0 bridgehead atoms. The smallest absolute Gasteiger partial charge is 0.313 e. The summed E-state index contributed by atoms with van der Waals surface area (Å²) in [6.45, 7) is 4.32. The molecule has 0 radical (unpaired) electrons. The molecule has 0 spiro atoms. The van der Waals surface area contributed by atoms with E-state index in [1.165, 1.54) is 37.7 Å². The third-order valence-corrected chi connectivity index (χ3v) is 4.74. The van der Waals surface area contributed by atoms with Crippen molar-refractivity contribution < 1.29 is 14.3 Å². The van der Waals surface area contributed by atoms with Gasteiger partial charge in [-0.3, -0.25) is 9.59 Å². The average Bonchev–Trinajstić information content (AvgIpc) is 2.55. The van der Waals surface area contributed by atoms with E-state index in [1.54, 1.807) is 6.92 Å². The van der Waals surface area contributed by atoms with Crippen LogP contribution in [-0.4, -0.2) is 18.4 Å². The Morgan fingerprint density at radius 2 is 1.68 bits per heavy atom. The molecule has 0 N–H and O–H groups in total. The fourth-order valence-electron chi connectivity index (χ4n) is 3.29. The minimum absolute atomic E-state index is 0.167. The normalized spacial score (nSPS) is 21.4. The van der Waals surface area contributed by atoms with E-state index < -0.39 is 5.97 Å². The summed E-state index contributed by atoms with van der Waals surface area (Å²) >= 11 is 0. The van der Waals surface area contributed by atoms with Gasteiger partial charge < -0.3 is 4.74 Å². The van der Waals surface area contributed by atoms with Crippen LogP contribution in [-0.2, 0) is 9.53 Å². The summed E-state index contributed by atoms with van der Waals surface area (Å²) in [5, 5.41) is 0. The first-order valence-electron chi connectivity index (χ1n) is 8.42. The molecule has 1 saturated carbocycles. The Hall–Kier alpha value is -1.64. The molecule has 0 atom stereocenters. The van der Waals surface area contributed by atoms with E-state index in [1.807, 2.05) is 12.1 Å². The summed E-state index contributed by atoms with van der Waals surface area (Å²) in [5.41, 5.74) is 1.92. The van der Waals surface area contributed by atoms with Crippen LogP contribution < -0.4 is 0 Å². The number of esters is 1. The molecule has 0 saturated heterocycles. The standard InChI is InChI=1S/C19H26O3/c1-3-14-5-7-15(8-6-14)16-9-11-17(12-10-16)18(20)13-19(21)22-4-2/h9-12,14-15H,3-8,13H2,1-2H3. The summed E-state index contributed by atoms with van der Waals surface area (Å²) in [5.74, 6) is 0.896. The van der Waals surface area contributed by atoms with Crippen molar-refractivity contribution >= 4 is 11.8 Å². The zero-order chi connectivity index (χ0) is 15.9. The number of carbonyl (C=O) groups excluding carboxylic acids is 2. The summed E-state index contributed by atoms with van der Waals surface area (Å²) in [6.07, 6.45) is 6.22. The third-order valence-electron chi connectivity index (χ3n) is 4.74. The molecule has 2 rings (SSSR count). The van der Waals surface area contributed by atoms with Gasteiger partial charge in [0.15, 0.2) is 5.78 Å². The lowest BCUT2D eigenvalue weighted by atomic mass is 9.78. The van der Waals surface area contributed by atoms with E-state index in [0.29, 0.717) is 18.1 Å². The molecule has 120 valence electrons. The first-order chi connectivity index (χ1) is 10.6. The van der Waals surface area contributed by atoms with Crippen molar-refractivity contribution in [1.82, 2.24) is 0 Å². The Bertz CT molecular complexity index is 496.